The SMILES string of the molecule is CNC(=O)C(C)NC(=O)C1(C(N)=S)CCOCC1. The molecule has 0 aromatic rings. The summed E-state index contributed by atoms with van der Waals surface area (Å²) in [7, 11) is 1.52. The second-order valence-electron chi connectivity index (χ2n) is 4.37. The van der Waals surface area contributed by atoms with E-state index in [0.717, 1.165) is 0 Å². The summed E-state index contributed by atoms with van der Waals surface area (Å²) in [5.41, 5.74) is 4.81. The van der Waals surface area contributed by atoms with Gasteiger partial charge in [-0.25, -0.2) is 0 Å². The van der Waals surface area contributed by atoms with Crippen molar-refractivity contribution in [1.29, 1.82) is 0 Å². The van der Waals surface area contributed by atoms with E-state index in [4.69, 9.17) is 22.7 Å². The normalized spacial score (nSPS) is 19.7. The molecule has 102 valence electrons. The third-order valence-electron chi connectivity index (χ3n) is 3.24. The van der Waals surface area contributed by atoms with Crippen molar-refractivity contribution in [3.05, 3.63) is 0 Å². The van der Waals surface area contributed by atoms with Crippen molar-refractivity contribution in [1.82, 2.24) is 10.6 Å². The molecule has 1 atom stereocenters. The first-order chi connectivity index (χ1) is 8.44. The van der Waals surface area contributed by atoms with Gasteiger partial charge in [-0.15, -0.1) is 0 Å². The first kappa shape index (κ1) is 14.8. The Morgan fingerprint density at radius 1 is 1.39 bits per heavy atom. The second-order valence-corrected chi connectivity index (χ2v) is 4.81. The van der Waals surface area contributed by atoms with Crippen molar-refractivity contribution in [3.63, 3.8) is 0 Å². The van der Waals surface area contributed by atoms with Crippen LogP contribution in [0.25, 0.3) is 0 Å². The Morgan fingerprint density at radius 2 is 1.94 bits per heavy atom. The predicted octanol–water partition coefficient (Wildman–Crippen LogP) is -0.680. The number of nitrogens with two attached hydrogens (primary N) is 1. The lowest BCUT2D eigenvalue weighted by molar-refractivity contribution is -0.135. The van der Waals surface area contributed by atoms with Crippen LogP contribution in [0.2, 0.25) is 0 Å². The number of nitrogens with one attached hydrogen (secondary N) is 2. The van der Waals surface area contributed by atoms with Gasteiger partial charge in [-0.3, -0.25) is 9.59 Å². The van der Waals surface area contributed by atoms with Gasteiger partial charge in [0.25, 0.3) is 0 Å². The highest BCUT2D eigenvalue weighted by atomic mass is 32.1. The zero-order valence-electron chi connectivity index (χ0n) is 10.6. The minimum Gasteiger partial charge on any atom is -0.392 e. The van der Waals surface area contributed by atoms with Crippen LogP contribution in [0.5, 0.6) is 0 Å². The number of ether oxygens (including phenoxy) is 1. The minimum absolute atomic E-state index is 0.160. The van der Waals surface area contributed by atoms with E-state index >= 15 is 0 Å². The van der Waals surface area contributed by atoms with Crippen molar-refractivity contribution in [2.45, 2.75) is 25.8 Å². The maximum absolute atomic E-state index is 12.3. The average Bonchev–Trinajstić information content (AvgIpc) is 2.38. The molecule has 0 radical (unpaired) electrons. The number of carbonyl (C=O) groups excluding carboxylic acids is 2. The van der Waals surface area contributed by atoms with E-state index in [-0.39, 0.29) is 16.8 Å². The summed E-state index contributed by atoms with van der Waals surface area (Å²) in [6, 6.07) is -0.614. The van der Waals surface area contributed by atoms with Crippen LogP contribution in [-0.2, 0) is 14.3 Å². The Bertz CT molecular complexity index is 353. The van der Waals surface area contributed by atoms with Crippen LogP contribution < -0.4 is 16.4 Å². The molecular weight excluding hydrogens is 254 g/mol. The van der Waals surface area contributed by atoms with Gasteiger partial charge in [-0.05, 0) is 19.8 Å². The van der Waals surface area contributed by atoms with E-state index in [0.29, 0.717) is 26.1 Å². The topological polar surface area (TPSA) is 93.5 Å². The van der Waals surface area contributed by atoms with Crippen LogP contribution >= 0.6 is 12.2 Å². The number of thiocarbonyl (C=S) groups is 1. The first-order valence-electron chi connectivity index (χ1n) is 5.84. The summed E-state index contributed by atoms with van der Waals surface area (Å²) >= 11 is 5.01. The lowest BCUT2D eigenvalue weighted by Crippen LogP contribution is -2.55. The lowest BCUT2D eigenvalue weighted by atomic mass is 9.79. The third-order valence-corrected chi connectivity index (χ3v) is 3.63. The molecule has 1 unspecified atom stereocenters. The lowest BCUT2D eigenvalue weighted by Gasteiger charge is -2.35. The molecule has 1 aliphatic rings. The van der Waals surface area contributed by atoms with Crippen molar-refractivity contribution >= 4 is 29.0 Å². The third kappa shape index (κ3) is 2.97. The molecule has 2 amide bonds. The molecule has 18 heavy (non-hydrogen) atoms. The van der Waals surface area contributed by atoms with E-state index in [2.05, 4.69) is 10.6 Å². The molecule has 1 fully saturated rings. The van der Waals surface area contributed by atoms with Gasteiger partial charge >= 0.3 is 0 Å². The average molecular weight is 273 g/mol. The fourth-order valence-corrected chi connectivity index (χ4v) is 2.22. The van der Waals surface area contributed by atoms with Crippen LogP contribution in [0.15, 0.2) is 0 Å². The number of carbonyl (C=O) groups is 2. The molecule has 1 heterocycles. The van der Waals surface area contributed by atoms with Crippen molar-refractivity contribution in [2.24, 2.45) is 11.1 Å². The zero-order valence-corrected chi connectivity index (χ0v) is 11.4. The van der Waals surface area contributed by atoms with Gasteiger partial charge in [0, 0.05) is 20.3 Å². The van der Waals surface area contributed by atoms with E-state index < -0.39 is 11.5 Å². The summed E-state index contributed by atoms with van der Waals surface area (Å²) in [5.74, 6) is -0.553. The van der Waals surface area contributed by atoms with Crippen LogP contribution in [0.4, 0.5) is 0 Å². The fourth-order valence-electron chi connectivity index (χ4n) is 1.92. The number of hydrogen-bond acceptors (Lipinski definition) is 4. The highest BCUT2D eigenvalue weighted by Gasteiger charge is 2.43. The van der Waals surface area contributed by atoms with Gasteiger partial charge in [-0.1, -0.05) is 12.2 Å². The number of hydrogen-bond donors (Lipinski definition) is 3. The molecule has 0 aromatic carbocycles. The zero-order chi connectivity index (χ0) is 13.8. The fraction of sp³-hybridized carbons (Fsp3) is 0.727. The minimum atomic E-state index is -0.893. The predicted molar refractivity (Wildman–Crippen MR) is 70.9 cm³/mol. The van der Waals surface area contributed by atoms with Crippen molar-refractivity contribution in [2.75, 3.05) is 20.3 Å². The second kappa shape index (κ2) is 6.10. The van der Waals surface area contributed by atoms with E-state index in [1.807, 2.05) is 0 Å². The molecule has 0 bridgehead atoms. The standard InChI is InChI=1S/C11H19N3O3S/c1-7(8(15)13-2)14-10(16)11(9(12)18)3-5-17-6-4-11/h7H,3-6H2,1-2H3,(H2,12,18)(H,13,15)(H,14,16). The molecule has 0 spiro atoms. The molecule has 0 saturated carbocycles. The highest BCUT2D eigenvalue weighted by molar-refractivity contribution is 7.80. The van der Waals surface area contributed by atoms with Gasteiger partial charge in [0.15, 0.2) is 0 Å². The van der Waals surface area contributed by atoms with Gasteiger partial charge in [0.2, 0.25) is 11.8 Å². The maximum atomic E-state index is 12.3. The molecule has 0 aromatic heterocycles. The number of amides is 2. The monoisotopic (exact) mass is 273 g/mol. The molecule has 6 nitrogen and oxygen atoms in total. The molecule has 7 heteroatoms. The van der Waals surface area contributed by atoms with Crippen molar-refractivity contribution in [3.8, 4) is 0 Å². The molecule has 0 aliphatic carbocycles. The van der Waals surface area contributed by atoms with Gasteiger partial charge < -0.3 is 21.1 Å². The van der Waals surface area contributed by atoms with Gasteiger partial charge in [-0.2, -0.15) is 0 Å². The summed E-state index contributed by atoms with van der Waals surface area (Å²) < 4.78 is 5.22. The quantitative estimate of drug-likeness (QED) is 0.590. The number of likely N-dealkylation sites (N-methyl/N-ethyl adjacent to an activating group) is 1. The van der Waals surface area contributed by atoms with E-state index in [1.54, 1.807) is 6.92 Å². The summed E-state index contributed by atoms with van der Waals surface area (Å²) in [4.78, 5) is 23.8. The van der Waals surface area contributed by atoms with Crippen LogP contribution in [0, 0.1) is 5.41 Å². The molecule has 1 aliphatic heterocycles. The van der Waals surface area contributed by atoms with Crippen molar-refractivity contribution < 1.29 is 14.3 Å². The Morgan fingerprint density at radius 3 is 2.39 bits per heavy atom. The van der Waals surface area contributed by atoms with Gasteiger partial charge in [0.05, 0.1) is 4.99 Å². The Labute approximate surface area is 112 Å². The molecule has 1 rings (SSSR count). The smallest absolute Gasteiger partial charge is 0.242 e. The first-order valence-corrected chi connectivity index (χ1v) is 6.25. The van der Waals surface area contributed by atoms with E-state index in [9.17, 15) is 9.59 Å². The summed E-state index contributed by atoms with van der Waals surface area (Å²) in [5, 5.41) is 5.12. The largest absolute Gasteiger partial charge is 0.392 e. The highest BCUT2D eigenvalue weighted by Crippen LogP contribution is 2.31. The van der Waals surface area contributed by atoms with Crippen LogP contribution in [0.3, 0.4) is 0 Å². The summed E-state index contributed by atoms with van der Waals surface area (Å²) in [6.45, 7) is 2.50. The molecular formula is C11H19N3O3S. The number of rotatable bonds is 4. The maximum Gasteiger partial charge on any atom is 0.242 e. The Kier molecular flexibility index (Phi) is 5.03. The van der Waals surface area contributed by atoms with Crippen LogP contribution in [0.1, 0.15) is 19.8 Å². The summed E-state index contributed by atoms with van der Waals surface area (Å²) in [6.07, 6.45) is 0.906. The Hall–Kier alpha value is -1.21. The molecule has 1 saturated heterocycles. The molecule has 4 N–H and O–H groups in total. The van der Waals surface area contributed by atoms with Crippen LogP contribution in [-0.4, -0.2) is 43.1 Å². The Balaban J connectivity index is 2.78. The van der Waals surface area contributed by atoms with E-state index in [1.165, 1.54) is 7.05 Å². The van der Waals surface area contributed by atoms with Gasteiger partial charge in [0.1, 0.15) is 11.5 Å².